The molecule has 0 unspecified atom stereocenters. The molecule has 0 atom stereocenters. The SMILES string of the molecule is COc1ccc(C(C)C)c(-c2ccc(OC)c(C)c2)c1. The molecule has 2 nitrogen and oxygen atoms in total. The predicted octanol–water partition coefficient (Wildman–Crippen LogP) is 4.80. The van der Waals surface area contributed by atoms with Crippen LogP contribution in [-0.2, 0) is 0 Å². The van der Waals surface area contributed by atoms with Crippen molar-refractivity contribution in [1.29, 1.82) is 0 Å². The van der Waals surface area contributed by atoms with E-state index < -0.39 is 0 Å². The van der Waals surface area contributed by atoms with Crippen LogP contribution in [0.25, 0.3) is 11.1 Å². The number of benzene rings is 2. The van der Waals surface area contributed by atoms with E-state index in [2.05, 4.69) is 45.0 Å². The number of hydrogen-bond donors (Lipinski definition) is 0. The molecule has 106 valence electrons. The van der Waals surface area contributed by atoms with E-state index in [1.165, 1.54) is 16.7 Å². The van der Waals surface area contributed by atoms with Gasteiger partial charge in [0.15, 0.2) is 0 Å². The molecule has 2 aromatic rings. The summed E-state index contributed by atoms with van der Waals surface area (Å²) in [6.07, 6.45) is 0. The van der Waals surface area contributed by atoms with Gasteiger partial charge in [0, 0.05) is 0 Å². The highest BCUT2D eigenvalue weighted by Crippen LogP contribution is 2.34. The Morgan fingerprint density at radius 1 is 0.900 bits per heavy atom. The van der Waals surface area contributed by atoms with Crippen molar-refractivity contribution in [2.45, 2.75) is 26.7 Å². The first-order valence-corrected chi connectivity index (χ1v) is 6.89. The van der Waals surface area contributed by atoms with Crippen LogP contribution in [0.2, 0.25) is 0 Å². The van der Waals surface area contributed by atoms with E-state index in [1.807, 2.05) is 12.1 Å². The lowest BCUT2D eigenvalue weighted by molar-refractivity contribution is 0.412. The summed E-state index contributed by atoms with van der Waals surface area (Å²) >= 11 is 0. The second-order valence-electron chi connectivity index (χ2n) is 5.29. The van der Waals surface area contributed by atoms with Gasteiger partial charge < -0.3 is 9.47 Å². The summed E-state index contributed by atoms with van der Waals surface area (Å²) in [7, 11) is 3.40. The third kappa shape index (κ3) is 2.79. The molecule has 0 amide bonds. The minimum absolute atomic E-state index is 0.471. The summed E-state index contributed by atoms with van der Waals surface area (Å²) in [4.78, 5) is 0. The lowest BCUT2D eigenvalue weighted by Crippen LogP contribution is -1.95. The largest absolute Gasteiger partial charge is 0.497 e. The van der Waals surface area contributed by atoms with Crippen molar-refractivity contribution in [3.8, 4) is 22.6 Å². The monoisotopic (exact) mass is 270 g/mol. The summed E-state index contributed by atoms with van der Waals surface area (Å²) in [5.41, 5.74) is 4.90. The summed E-state index contributed by atoms with van der Waals surface area (Å²) in [5.74, 6) is 2.28. The second kappa shape index (κ2) is 6.00. The minimum atomic E-state index is 0.471. The Labute approximate surface area is 121 Å². The second-order valence-corrected chi connectivity index (χ2v) is 5.29. The lowest BCUT2D eigenvalue weighted by Gasteiger charge is -2.16. The van der Waals surface area contributed by atoms with Crippen LogP contribution in [-0.4, -0.2) is 14.2 Å². The van der Waals surface area contributed by atoms with Gasteiger partial charge in [-0.15, -0.1) is 0 Å². The molecule has 0 heterocycles. The number of hydrogen-bond acceptors (Lipinski definition) is 2. The van der Waals surface area contributed by atoms with Crippen LogP contribution >= 0.6 is 0 Å². The Balaban J connectivity index is 2.57. The smallest absolute Gasteiger partial charge is 0.121 e. The van der Waals surface area contributed by atoms with Gasteiger partial charge in [-0.1, -0.05) is 26.0 Å². The Hall–Kier alpha value is -1.96. The van der Waals surface area contributed by atoms with E-state index in [-0.39, 0.29) is 0 Å². The molecule has 0 fully saturated rings. The molecule has 0 aliphatic rings. The van der Waals surface area contributed by atoms with Crippen LogP contribution in [0.15, 0.2) is 36.4 Å². The zero-order chi connectivity index (χ0) is 14.7. The Kier molecular flexibility index (Phi) is 4.33. The van der Waals surface area contributed by atoms with Crippen LogP contribution in [0.1, 0.15) is 30.9 Å². The van der Waals surface area contributed by atoms with Crippen LogP contribution in [0.4, 0.5) is 0 Å². The molecule has 0 aromatic heterocycles. The molecule has 0 aliphatic heterocycles. The third-order valence-electron chi connectivity index (χ3n) is 3.59. The molecular formula is C18H22O2. The Bertz CT molecular complexity index is 600. The lowest BCUT2D eigenvalue weighted by atomic mass is 9.91. The molecule has 0 spiro atoms. The Morgan fingerprint density at radius 2 is 1.65 bits per heavy atom. The highest BCUT2D eigenvalue weighted by atomic mass is 16.5. The van der Waals surface area contributed by atoms with Gasteiger partial charge in [0.1, 0.15) is 11.5 Å². The molecule has 2 rings (SSSR count). The van der Waals surface area contributed by atoms with Crippen LogP contribution in [0.3, 0.4) is 0 Å². The molecule has 2 heteroatoms. The molecule has 20 heavy (non-hydrogen) atoms. The van der Waals surface area contributed by atoms with Crippen molar-refractivity contribution in [2.24, 2.45) is 0 Å². The maximum atomic E-state index is 5.36. The molecule has 0 aliphatic carbocycles. The molecular weight excluding hydrogens is 248 g/mol. The first kappa shape index (κ1) is 14.4. The van der Waals surface area contributed by atoms with Crippen molar-refractivity contribution >= 4 is 0 Å². The third-order valence-corrected chi connectivity index (χ3v) is 3.59. The van der Waals surface area contributed by atoms with Crippen molar-refractivity contribution < 1.29 is 9.47 Å². The first-order valence-electron chi connectivity index (χ1n) is 6.89. The number of ether oxygens (including phenoxy) is 2. The molecule has 0 saturated heterocycles. The van der Waals surface area contributed by atoms with Gasteiger partial charge in [0.05, 0.1) is 14.2 Å². The van der Waals surface area contributed by atoms with Gasteiger partial charge in [-0.05, 0) is 59.4 Å². The Morgan fingerprint density at radius 3 is 2.20 bits per heavy atom. The fraction of sp³-hybridized carbons (Fsp3) is 0.333. The molecule has 0 radical (unpaired) electrons. The highest BCUT2D eigenvalue weighted by Gasteiger charge is 2.11. The molecule has 0 N–H and O–H groups in total. The summed E-state index contributed by atoms with van der Waals surface area (Å²) in [5, 5.41) is 0. The highest BCUT2D eigenvalue weighted by molar-refractivity contribution is 5.71. The maximum absolute atomic E-state index is 5.36. The van der Waals surface area contributed by atoms with Gasteiger partial charge in [-0.25, -0.2) is 0 Å². The van der Waals surface area contributed by atoms with Crippen molar-refractivity contribution in [3.63, 3.8) is 0 Å². The maximum Gasteiger partial charge on any atom is 0.121 e. The quantitative estimate of drug-likeness (QED) is 0.794. The first-order chi connectivity index (χ1) is 9.56. The average Bonchev–Trinajstić information content (AvgIpc) is 2.46. The zero-order valence-electron chi connectivity index (χ0n) is 12.9. The van der Waals surface area contributed by atoms with Gasteiger partial charge in [0.2, 0.25) is 0 Å². The normalized spacial score (nSPS) is 10.7. The van der Waals surface area contributed by atoms with E-state index in [0.717, 1.165) is 17.1 Å². The summed E-state index contributed by atoms with van der Waals surface area (Å²) in [6.45, 7) is 6.49. The van der Waals surface area contributed by atoms with E-state index in [0.29, 0.717) is 5.92 Å². The minimum Gasteiger partial charge on any atom is -0.497 e. The number of rotatable bonds is 4. The topological polar surface area (TPSA) is 18.5 Å². The van der Waals surface area contributed by atoms with Crippen LogP contribution in [0, 0.1) is 6.92 Å². The van der Waals surface area contributed by atoms with Crippen LogP contribution in [0.5, 0.6) is 11.5 Å². The zero-order valence-corrected chi connectivity index (χ0v) is 12.9. The molecule has 0 saturated carbocycles. The number of methoxy groups -OCH3 is 2. The van der Waals surface area contributed by atoms with Gasteiger partial charge >= 0.3 is 0 Å². The molecule has 2 aromatic carbocycles. The van der Waals surface area contributed by atoms with Crippen molar-refractivity contribution in [2.75, 3.05) is 14.2 Å². The van der Waals surface area contributed by atoms with Crippen LogP contribution < -0.4 is 9.47 Å². The van der Waals surface area contributed by atoms with Gasteiger partial charge in [-0.3, -0.25) is 0 Å². The average molecular weight is 270 g/mol. The van der Waals surface area contributed by atoms with E-state index in [1.54, 1.807) is 14.2 Å². The predicted molar refractivity (Wildman–Crippen MR) is 83.8 cm³/mol. The van der Waals surface area contributed by atoms with Gasteiger partial charge in [-0.2, -0.15) is 0 Å². The standard InChI is InChI=1S/C18H22O2/c1-12(2)16-8-7-15(19-4)11-17(16)14-6-9-18(20-5)13(3)10-14/h6-12H,1-5H3. The number of aryl methyl sites for hydroxylation is 1. The fourth-order valence-corrected chi connectivity index (χ4v) is 2.46. The van der Waals surface area contributed by atoms with E-state index >= 15 is 0 Å². The summed E-state index contributed by atoms with van der Waals surface area (Å²) in [6, 6.07) is 12.6. The van der Waals surface area contributed by atoms with Crippen molar-refractivity contribution in [3.05, 3.63) is 47.5 Å². The van der Waals surface area contributed by atoms with Gasteiger partial charge in [0.25, 0.3) is 0 Å². The molecule has 0 bridgehead atoms. The van der Waals surface area contributed by atoms with E-state index in [4.69, 9.17) is 9.47 Å². The van der Waals surface area contributed by atoms with E-state index in [9.17, 15) is 0 Å². The fourth-order valence-electron chi connectivity index (χ4n) is 2.46. The van der Waals surface area contributed by atoms with Crippen molar-refractivity contribution in [1.82, 2.24) is 0 Å². The summed E-state index contributed by atoms with van der Waals surface area (Å²) < 4.78 is 10.7.